The van der Waals surface area contributed by atoms with Gasteiger partial charge in [0.1, 0.15) is 6.29 Å². The monoisotopic (exact) mass is 307 g/mol. The minimum atomic E-state index is 0.485. The molecule has 0 radical (unpaired) electrons. The number of hydrogen-bond acceptors (Lipinski definition) is 4. The largest absolute Gasteiger partial charge is 0.298 e. The van der Waals surface area contributed by atoms with Crippen molar-refractivity contribution in [1.29, 1.82) is 0 Å². The molecule has 4 heteroatoms. The van der Waals surface area contributed by atoms with Gasteiger partial charge in [-0.2, -0.15) is 0 Å². The molecule has 0 aliphatic carbocycles. The third kappa shape index (κ3) is 2.80. The summed E-state index contributed by atoms with van der Waals surface area (Å²) in [5.41, 5.74) is 7.88. The van der Waals surface area contributed by atoms with Crippen molar-refractivity contribution >= 4 is 6.29 Å². The second kappa shape index (κ2) is 6.22. The topological polar surface area (TPSA) is 45.2 Å². The van der Waals surface area contributed by atoms with Crippen molar-refractivity contribution in [1.82, 2.24) is 15.4 Å². The van der Waals surface area contributed by atoms with E-state index < -0.39 is 0 Å². The number of rotatable bonds is 3. The number of pyridine rings is 1. The lowest BCUT2D eigenvalue weighted by molar-refractivity contribution is 0.112. The molecule has 0 spiro atoms. The van der Waals surface area contributed by atoms with Gasteiger partial charge in [-0.05, 0) is 42.0 Å². The van der Waals surface area contributed by atoms with E-state index in [4.69, 9.17) is 0 Å². The third-order valence-electron chi connectivity index (χ3n) is 5.23. The minimum absolute atomic E-state index is 0.485. The van der Waals surface area contributed by atoms with Gasteiger partial charge in [0.2, 0.25) is 0 Å². The highest BCUT2D eigenvalue weighted by molar-refractivity contribution is 5.80. The van der Waals surface area contributed by atoms with Crippen LogP contribution in [0, 0.1) is 5.92 Å². The predicted molar refractivity (Wildman–Crippen MR) is 90.1 cm³/mol. The van der Waals surface area contributed by atoms with Gasteiger partial charge < -0.3 is 0 Å². The number of nitrogens with one attached hydrogen (secondary N) is 1. The molecule has 3 aliphatic heterocycles. The number of hydrogen-bond donors (Lipinski definition) is 1. The zero-order valence-electron chi connectivity index (χ0n) is 13.1. The van der Waals surface area contributed by atoms with Crippen molar-refractivity contribution in [3.8, 4) is 11.1 Å². The lowest BCUT2D eigenvalue weighted by Crippen LogP contribution is -2.39. The second-order valence-electron chi connectivity index (χ2n) is 6.50. The molecule has 3 fully saturated rings. The zero-order chi connectivity index (χ0) is 15.6. The van der Waals surface area contributed by atoms with Crippen molar-refractivity contribution in [2.24, 2.45) is 5.92 Å². The number of fused-ring (bicyclic) bond motifs is 4. The zero-order valence-corrected chi connectivity index (χ0v) is 13.1. The van der Waals surface area contributed by atoms with Crippen LogP contribution in [0.4, 0.5) is 0 Å². The van der Waals surface area contributed by atoms with Crippen LogP contribution in [-0.4, -0.2) is 35.9 Å². The molecule has 2 bridgehead atoms. The van der Waals surface area contributed by atoms with Crippen LogP contribution in [-0.2, 0) is 0 Å². The molecule has 118 valence electrons. The van der Waals surface area contributed by atoms with Crippen LogP contribution < -0.4 is 5.43 Å². The fraction of sp³-hybridized carbons (Fsp3) is 0.368. The van der Waals surface area contributed by atoms with E-state index in [1.807, 2.05) is 24.4 Å². The Bertz CT molecular complexity index is 693. The van der Waals surface area contributed by atoms with Crippen LogP contribution in [0.25, 0.3) is 11.1 Å². The summed E-state index contributed by atoms with van der Waals surface area (Å²) in [6, 6.07) is 10.1. The van der Waals surface area contributed by atoms with Gasteiger partial charge >= 0.3 is 0 Å². The third-order valence-corrected chi connectivity index (χ3v) is 5.23. The number of carbonyl (C=O) groups is 1. The van der Waals surface area contributed by atoms with Gasteiger partial charge in [0.25, 0.3) is 0 Å². The summed E-state index contributed by atoms with van der Waals surface area (Å²) >= 11 is 0. The molecular weight excluding hydrogens is 286 g/mol. The number of aldehydes is 1. The fourth-order valence-electron chi connectivity index (χ4n) is 3.96. The lowest BCUT2D eigenvalue weighted by Gasteiger charge is -2.29. The summed E-state index contributed by atoms with van der Waals surface area (Å²) in [7, 11) is 0. The van der Waals surface area contributed by atoms with Crippen LogP contribution >= 0.6 is 0 Å². The summed E-state index contributed by atoms with van der Waals surface area (Å²) in [5, 5.41) is 2.35. The Morgan fingerprint density at radius 3 is 2.83 bits per heavy atom. The molecule has 23 heavy (non-hydrogen) atoms. The lowest BCUT2D eigenvalue weighted by atomic mass is 9.78. The van der Waals surface area contributed by atoms with E-state index in [-0.39, 0.29) is 0 Å². The van der Waals surface area contributed by atoms with Crippen molar-refractivity contribution < 1.29 is 4.79 Å². The first-order valence-electron chi connectivity index (χ1n) is 8.33. The van der Waals surface area contributed by atoms with E-state index in [0.717, 1.165) is 42.6 Å². The Balaban J connectivity index is 1.80. The Morgan fingerprint density at radius 1 is 1.22 bits per heavy atom. The number of benzene rings is 1. The van der Waals surface area contributed by atoms with Crippen molar-refractivity contribution in [2.45, 2.75) is 18.8 Å². The van der Waals surface area contributed by atoms with E-state index in [1.165, 1.54) is 18.4 Å². The number of aromatic nitrogens is 1. The van der Waals surface area contributed by atoms with Crippen molar-refractivity contribution in [3.63, 3.8) is 0 Å². The highest BCUT2D eigenvalue weighted by Gasteiger charge is 2.33. The van der Waals surface area contributed by atoms with Crippen LogP contribution in [0.1, 0.15) is 34.7 Å². The molecular formula is C19H21N3O. The van der Waals surface area contributed by atoms with E-state index in [0.29, 0.717) is 11.8 Å². The minimum Gasteiger partial charge on any atom is -0.298 e. The Morgan fingerprint density at radius 2 is 2.09 bits per heavy atom. The highest BCUT2D eigenvalue weighted by Crippen LogP contribution is 2.39. The first-order valence-corrected chi connectivity index (χ1v) is 8.33. The SMILES string of the molecule is O=Cc1ccc(C2CNN3CCC2CC3)c(-c2cccnc2)c1. The molecule has 1 aromatic heterocycles. The first-order chi connectivity index (χ1) is 11.3. The molecule has 3 aliphatic rings. The Labute approximate surface area is 136 Å². The summed E-state index contributed by atoms with van der Waals surface area (Å²) in [4.78, 5) is 15.5. The van der Waals surface area contributed by atoms with Gasteiger partial charge in [0, 0.05) is 49.1 Å². The number of nitrogens with zero attached hydrogens (tertiary/aromatic N) is 2. The quantitative estimate of drug-likeness (QED) is 0.886. The van der Waals surface area contributed by atoms with Gasteiger partial charge in [-0.25, -0.2) is 5.01 Å². The molecule has 1 unspecified atom stereocenters. The molecule has 2 aromatic rings. The summed E-state index contributed by atoms with van der Waals surface area (Å²) in [5.74, 6) is 1.19. The fourth-order valence-corrected chi connectivity index (χ4v) is 3.96. The molecule has 0 amide bonds. The number of carbonyl (C=O) groups excluding carboxylic acids is 1. The molecule has 4 heterocycles. The molecule has 5 rings (SSSR count). The van der Waals surface area contributed by atoms with Crippen LogP contribution in [0.2, 0.25) is 0 Å². The van der Waals surface area contributed by atoms with Crippen molar-refractivity contribution in [2.75, 3.05) is 19.6 Å². The van der Waals surface area contributed by atoms with E-state index in [9.17, 15) is 4.79 Å². The van der Waals surface area contributed by atoms with Crippen LogP contribution in [0.15, 0.2) is 42.7 Å². The standard InChI is InChI=1S/C19H21N3O/c23-13-14-3-4-17(18(10-14)16-2-1-7-20-11-16)19-12-21-22-8-5-15(19)6-9-22/h1-4,7,10-11,13,15,19,21H,5-6,8-9,12H2. The Kier molecular flexibility index (Phi) is 3.93. The van der Waals surface area contributed by atoms with E-state index >= 15 is 0 Å². The summed E-state index contributed by atoms with van der Waals surface area (Å²) in [6.07, 6.45) is 7.07. The van der Waals surface area contributed by atoms with E-state index in [2.05, 4.69) is 27.6 Å². The highest BCUT2D eigenvalue weighted by atomic mass is 16.1. The van der Waals surface area contributed by atoms with Crippen molar-refractivity contribution in [3.05, 3.63) is 53.9 Å². The maximum Gasteiger partial charge on any atom is 0.150 e. The molecule has 3 saturated heterocycles. The average molecular weight is 307 g/mol. The smallest absolute Gasteiger partial charge is 0.150 e. The first kappa shape index (κ1) is 14.5. The number of hydrazine groups is 1. The predicted octanol–water partition coefficient (Wildman–Crippen LogP) is 2.87. The van der Waals surface area contributed by atoms with E-state index in [1.54, 1.807) is 6.20 Å². The van der Waals surface area contributed by atoms with Crippen LogP contribution in [0.5, 0.6) is 0 Å². The maximum atomic E-state index is 11.2. The molecule has 0 saturated carbocycles. The second-order valence-corrected chi connectivity index (χ2v) is 6.50. The van der Waals surface area contributed by atoms with Gasteiger partial charge in [0.05, 0.1) is 0 Å². The summed E-state index contributed by atoms with van der Waals surface area (Å²) < 4.78 is 0. The molecule has 1 atom stereocenters. The molecule has 4 nitrogen and oxygen atoms in total. The Hall–Kier alpha value is -2.04. The normalized spacial score (nSPS) is 26.7. The maximum absolute atomic E-state index is 11.2. The summed E-state index contributed by atoms with van der Waals surface area (Å²) in [6.45, 7) is 3.24. The molecule has 1 aromatic carbocycles. The van der Waals surface area contributed by atoms with Gasteiger partial charge in [-0.15, -0.1) is 0 Å². The van der Waals surface area contributed by atoms with Gasteiger partial charge in [-0.3, -0.25) is 15.2 Å². The molecule has 1 N–H and O–H groups in total. The van der Waals surface area contributed by atoms with Crippen LogP contribution in [0.3, 0.4) is 0 Å². The van der Waals surface area contributed by atoms with Gasteiger partial charge in [-0.1, -0.05) is 18.2 Å². The number of piperidine rings is 1. The van der Waals surface area contributed by atoms with Gasteiger partial charge in [0.15, 0.2) is 0 Å². The average Bonchev–Trinajstić information content (AvgIpc) is 2.96.